The molecule has 0 bridgehead atoms. The molecule has 218 valence electrons. The van der Waals surface area contributed by atoms with Crippen molar-refractivity contribution < 1.29 is 57.0 Å². The van der Waals surface area contributed by atoms with Gasteiger partial charge in [-0.15, -0.1) is 10.2 Å². The number of phenols is 1. The van der Waals surface area contributed by atoms with Gasteiger partial charge in [0.1, 0.15) is 26.1 Å². The molecule has 0 saturated carbocycles. The van der Waals surface area contributed by atoms with Gasteiger partial charge in [0.05, 0.1) is 4.90 Å². The number of nitrogens with zero attached hydrogens (tertiary/aromatic N) is 2. The van der Waals surface area contributed by atoms with Gasteiger partial charge in [0.25, 0.3) is 40.5 Å². The predicted octanol–water partition coefficient (Wildman–Crippen LogP) is 3.14. The number of nitrogens with one attached hydrogen (secondary N) is 1. The largest absolute Gasteiger partial charge is 0.505 e. The minimum absolute atomic E-state index is 0.145. The van der Waals surface area contributed by atoms with Crippen LogP contribution in [0, 0.1) is 0 Å². The Hall–Kier alpha value is -3.76. The van der Waals surface area contributed by atoms with E-state index in [1.54, 1.807) is 0 Å². The smallest absolute Gasteiger partial charge is 0.297 e. The Balaban J connectivity index is 2.08. The fraction of sp³-hybridized carbons (Fsp3) is 0.0476. The highest BCUT2D eigenvalue weighted by Crippen LogP contribution is 2.45. The monoisotopic (exact) mass is 647 g/mol. The Morgan fingerprint density at radius 1 is 0.683 bits per heavy atom. The van der Waals surface area contributed by atoms with Gasteiger partial charge < -0.3 is 10.4 Å². The minimum Gasteiger partial charge on any atom is -0.505 e. The van der Waals surface area contributed by atoms with Crippen molar-refractivity contribution in [2.75, 3.05) is 12.4 Å². The number of rotatable bonds is 7. The van der Waals surface area contributed by atoms with Crippen LogP contribution in [0.4, 0.5) is 17.1 Å². The molecule has 0 aliphatic heterocycles. The summed E-state index contributed by atoms with van der Waals surface area (Å²) in [6, 6.07) is 7.39. The Bertz CT molecular complexity index is 2250. The number of fused-ring (bicyclic) bond motifs is 2. The number of hydrogen-bond donors (Lipinski definition) is 6. The number of benzene rings is 4. The van der Waals surface area contributed by atoms with Crippen LogP contribution in [0.2, 0.25) is 0 Å². The van der Waals surface area contributed by atoms with Crippen LogP contribution in [0.25, 0.3) is 21.5 Å². The van der Waals surface area contributed by atoms with Crippen molar-refractivity contribution in [3.8, 4) is 5.75 Å². The zero-order valence-corrected chi connectivity index (χ0v) is 23.4. The van der Waals surface area contributed by atoms with Crippen LogP contribution >= 0.6 is 0 Å². The van der Waals surface area contributed by atoms with Crippen molar-refractivity contribution in [3.05, 3.63) is 48.5 Å². The first-order chi connectivity index (χ1) is 18.7. The van der Waals surface area contributed by atoms with Crippen molar-refractivity contribution in [1.82, 2.24) is 0 Å². The third-order valence-corrected chi connectivity index (χ3v) is 9.27. The highest BCUT2D eigenvalue weighted by Gasteiger charge is 2.27. The van der Waals surface area contributed by atoms with Crippen LogP contribution in [0.5, 0.6) is 5.75 Å². The molecule has 4 aromatic carbocycles. The van der Waals surface area contributed by atoms with E-state index >= 15 is 0 Å². The van der Waals surface area contributed by atoms with Crippen LogP contribution in [0.3, 0.4) is 0 Å². The first-order valence-corrected chi connectivity index (χ1v) is 16.4. The molecule has 0 aliphatic rings. The molecule has 0 aliphatic carbocycles. The predicted molar refractivity (Wildman–Crippen MR) is 143 cm³/mol. The highest BCUT2D eigenvalue weighted by atomic mass is 32.2. The van der Waals surface area contributed by atoms with Gasteiger partial charge in [0, 0.05) is 28.9 Å². The topological polar surface area (TPSA) is 274 Å². The summed E-state index contributed by atoms with van der Waals surface area (Å²) < 4.78 is 134. The molecule has 0 atom stereocenters. The summed E-state index contributed by atoms with van der Waals surface area (Å²) >= 11 is 0. The zero-order valence-electron chi connectivity index (χ0n) is 20.1. The van der Waals surface area contributed by atoms with Crippen molar-refractivity contribution in [1.29, 1.82) is 0 Å². The van der Waals surface area contributed by atoms with Gasteiger partial charge >= 0.3 is 0 Å². The summed E-state index contributed by atoms with van der Waals surface area (Å²) in [6.07, 6.45) is 0. The molecular formula is C21H17N3O13S4. The number of azo groups is 1. The average molecular weight is 648 g/mol. The molecule has 0 heterocycles. The van der Waals surface area contributed by atoms with E-state index in [1.165, 1.54) is 7.05 Å². The molecule has 41 heavy (non-hydrogen) atoms. The average Bonchev–Trinajstić information content (AvgIpc) is 2.84. The zero-order chi connectivity index (χ0) is 30.7. The van der Waals surface area contributed by atoms with Crippen molar-refractivity contribution in [3.63, 3.8) is 0 Å². The lowest BCUT2D eigenvalue weighted by atomic mass is 10.1. The molecule has 16 nitrogen and oxygen atoms in total. The molecule has 4 aromatic rings. The highest BCUT2D eigenvalue weighted by molar-refractivity contribution is 7.87. The van der Waals surface area contributed by atoms with E-state index in [9.17, 15) is 57.0 Å². The second-order valence-electron chi connectivity index (χ2n) is 8.26. The lowest BCUT2D eigenvalue weighted by Crippen LogP contribution is -2.03. The van der Waals surface area contributed by atoms with E-state index in [2.05, 4.69) is 15.5 Å². The summed E-state index contributed by atoms with van der Waals surface area (Å²) in [4.78, 5) is -3.49. The minimum atomic E-state index is -5.22. The lowest BCUT2D eigenvalue weighted by Gasteiger charge is -2.14. The lowest BCUT2D eigenvalue weighted by molar-refractivity contribution is 0.472. The van der Waals surface area contributed by atoms with Crippen LogP contribution in [-0.2, 0) is 40.5 Å². The van der Waals surface area contributed by atoms with Crippen molar-refractivity contribution in [2.24, 2.45) is 10.2 Å². The quantitative estimate of drug-likeness (QED) is 0.124. The molecule has 0 fully saturated rings. The van der Waals surface area contributed by atoms with E-state index in [0.717, 1.165) is 42.5 Å². The Morgan fingerprint density at radius 2 is 1.32 bits per heavy atom. The third-order valence-electron chi connectivity index (χ3n) is 5.71. The van der Waals surface area contributed by atoms with Gasteiger partial charge in [-0.25, -0.2) is 0 Å². The van der Waals surface area contributed by atoms with Gasteiger partial charge in [-0.3, -0.25) is 18.2 Å². The maximum atomic E-state index is 12.3. The molecule has 0 amide bonds. The summed E-state index contributed by atoms with van der Waals surface area (Å²) in [6.45, 7) is 0. The van der Waals surface area contributed by atoms with E-state index in [1.807, 2.05) is 0 Å². The summed E-state index contributed by atoms with van der Waals surface area (Å²) in [5.41, 5.74) is -1.76. The van der Waals surface area contributed by atoms with Crippen LogP contribution in [0.1, 0.15) is 0 Å². The summed E-state index contributed by atoms with van der Waals surface area (Å²) in [5, 5.41) is 19.4. The number of anilines is 1. The van der Waals surface area contributed by atoms with E-state index < -0.39 is 82.6 Å². The van der Waals surface area contributed by atoms with Crippen LogP contribution in [0.15, 0.2) is 78.3 Å². The number of phenolic OH excluding ortho intramolecular Hbond substituents is 1. The van der Waals surface area contributed by atoms with Crippen molar-refractivity contribution in [2.45, 2.75) is 19.6 Å². The van der Waals surface area contributed by atoms with Crippen LogP contribution in [-0.4, -0.2) is 64.0 Å². The van der Waals surface area contributed by atoms with Gasteiger partial charge in [0.2, 0.25) is 0 Å². The fourth-order valence-corrected chi connectivity index (χ4v) is 6.80. The molecule has 4 rings (SSSR count). The summed E-state index contributed by atoms with van der Waals surface area (Å²) in [7, 11) is -18.8. The second-order valence-corrected chi connectivity index (χ2v) is 13.8. The van der Waals surface area contributed by atoms with E-state index in [-0.39, 0.29) is 21.8 Å². The first kappa shape index (κ1) is 30.2. The maximum Gasteiger partial charge on any atom is 0.297 e. The molecule has 0 aromatic heterocycles. The Kier molecular flexibility index (Phi) is 7.33. The van der Waals surface area contributed by atoms with E-state index in [4.69, 9.17) is 0 Å². The SMILES string of the molecule is CNc1cc(S(=O)(=O)O)cc2cc(S(=O)(=O)O)c(N=Nc3ccc4c(S(=O)(=O)O)cccc4c3S(=O)(=O)O)c(O)c12. The number of aromatic hydroxyl groups is 1. The van der Waals surface area contributed by atoms with Gasteiger partial charge in [-0.1, -0.05) is 18.2 Å². The van der Waals surface area contributed by atoms with Gasteiger partial charge in [-0.05, 0) is 35.7 Å². The summed E-state index contributed by atoms with van der Waals surface area (Å²) in [5.74, 6) is -0.979. The molecule has 0 unspecified atom stereocenters. The third kappa shape index (κ3) is 5.71. The maximum absolute atomic E-state index is 12.3. The van der Waals surface area contributed by atoms with E-state index in [0.29, 0.717) is 6.07 Å². The second kappa shape index (κ2) is 9.95. The first-order valence-electron chi connectivity index (χ1n) is 10.6. The van der Waals surface area contributed by atoms with Gasteiger partial charge in [0.15, 0.2) is 5.75 Å². The molecule has 6 N–H and O–H groups in total. The Morgan fingerprint density at radius 3 is 1.85 bits per heavy atom. The van der Waals surface area contributed by atoms with Crippen molar-refractivity contribution >= 4 is 79.1 Å². The fourth-order valence-electron chi connectivity index (χ4n) is 4.07. The van der Waals surface area contributed by atoms with Crippen LogP contribution < -0.4 is 5.32 Å². The standard InChI is InChI=1S/C21H17N3O13S4/c1-22-15-9-11(38(26,27)28)7-10-8-17(40(32,33)34)19(20(25)18(10)15)24-23-14-6-5-12-13(21(14)41(35,36)37)3-2-4-16(12)39(29,30)31/h2-9,22,25H,1H3,(H,26,27,28)(H,29,30,31)(H,32,33,34)(H,35,36,37). The number of hydrogen-bond acceptors (Lipinski definition) is 12. The molecular weight excluding hydrogens is 631 g/mol. The van der Waals surface area contributed by atoms with Gasteiger partial charge in [-0.2, -0.15) is 33.7 Å². The molecule has 0 spiro atoms. The Labute approximate surface area is 232 Å². The molecule has 0 saturated heterocycles. The molecule has 20 heteroatoms. The molecule has 0 radical (unpaired) electrons. The normalized spacial score (nSPS) is 13.3.